The molecule has 0 spiro atoms. The van der Waals surface area contributed by atoms with Crippen molar-refractivity contribution in [3.63, 3.8) is 0 Å². The van der Waals surface area contributed by atoms with Gasteiger partial charge in [-0.05, 0) is 25.8 Å². The summed E-state index contributed by atoms with van der Waals surface area (Å²) in [6, 6.07) is 0. The van der Waals surface area contributed by atoms with Crippen molar-refractivity contribution in [2.24, 2.45) is 0 Å². The largest absolute Gasteiger partial charge is 0.373 e. The maximum Gasteiger partial charge on any atom is 0.161 e. The molecule has 0 aliphatic rings. The number of rotatable bonds is 4. The van der Waals surface area contributed by atoms with Gasteiger partial charge in [-0.1, -0.05) is 6.92 Å². The van der Waals surface area contributed by atoms with Crippen LogP contribution in [0.25, 0.3) is 10.2 Å². The van der Waals surface area contributed by atoms with E-state index in [1.165, 1.54) is 10.4 Å². The van der Waals surface area contributed by atoms with Crippen LogP contribution >= 0.6 is 11.3 Å². The van der Waals surface area contributed by atoms with Gasteiger partial charge in [-0.15, -0.1) is 11.3 Å². The van der Waals surface area contributed by atoms with E-state index in [1.54, 1.807) is 18.4 Å². The molecular formula is C13H19N3OS. The lowest BCUT2D eigenvalue weighted by Crippen LogP contribution is -2.07. The number of fused-ring (bicyclic) bond motifs is 1. The quantitative estimate of drug-likeness (QED) is 0.919. The molecule has 2 aromatic heterocycles. The van der Waals surface area contributed by atoms with Gasteiger partial charge >= 0.3 is 0 Å². The molecular weight excluding hydrogens is 246 g/mol. The fourth-order valence-corrected chi connectivity index (χ4v) is 3.08. The van der Waals surface area contributed by atoms with Crippen molar-refractivity contribution in [1.82, 2.24) is 9.97 Å². The zero-order chi connectivity index (χ0) is 13.3. The molecule has 0 aromatic carbocycles. The maximum atomic E-state index is 5.42. The lowest BCUT2D eigenvalue weighted by Gasteiger charge is -2.13. The molecule has 1 atom stereocenters. The molecule has 1 unspecified atom stereocenters. The zero-order valence-electron chi connectivity index (χ0n) is 11.5. The van der Waals surface area contributed by atoms with E-state index < -0.39 is 0 Å². The van der Waals surface area contributed by atoms with E-state index in [4.69, 9.17) is 4.74 Å². The Morgan fingerprint density at radius 3 is 2.61 bits per heavy atom. The Labute approximate surface area is 111 Å². The fraction of sp³-hybridized carbons (Fsp3) is 0.538. The lowest BCUT2D eigenvalue weighted by molar-refractivity contribution is 0.0930. The molecule has 0 bridgehead atoms. The van der Waals surface area contributed by atoms with Crippen LogP contribution in [0, 0.1) is 13.8 Å². The van der Waals surface area contributed by atoms with Crippen LogP contribution in [-0.2, 0) is 4.74 Å². The van der Waals surface area contributed by atoms with Crippen molar-refractivity contribution >= 4 is 27.4 Å². The van der Waals surface area contributed by atoms with E-state index in [9.17, 15) is 0 Å². The summed E-state index contributed by atoms with van der Waals surface area (Å²) in [5.74, 6) is 1.66. The van der Waals surface area contributed by atoms with Gasteiger partial charge in [0, 0.05) is 19.0 Å². The van der Waals surface area contributed by atoms with E-state index in [-0.39, 0.29) is 6.10 Å². The van der Waals surface area contributed by atoms with Gasteiger partial charge in [0.25, 0.3) is 0 Å². The number of nitrogens with zero attached hydrogens (tertiary/aromatic N) is 2. The predicted molar refractivity (Wildman–Crippen MR) is 76.5 cm³/mol. The molecule has 98 valence electrons. The number of nitrogens with one attached hydrogen (secondary N) is 1. The SMILES string of the molecule is CCC(OC)c1nc(NC)c2c(C)c(C)sc2n1. The highest BCUT2D eigenvalue weighted by Crippen LogP contribution is 2.34. The Morgan fingerprint density at radius 2 is 2.06 bits per heavy atom. The van der Waals surface area contributed by atoms with Crippen LogP contribution in [0.5, 0.6) is 0 Å². The molecule has 2 heterocycles. The van der Waals surface area contributed by atoms with E-state index in [2.05, 4.69) is 36.1 Å². The van der Waals surface area contributed by atoms with Crippen molar-refractivity contribution < 1.29 is 4.74 Å². The molecule has 0 radical (unpaired) electrons. The molecule has 2 aromatic rings. The first kappa shape index (κ1) is 13.2. The first-order valence-electron chi connectivity index (χ1n) is 6.10. The van der Waals surface area contributed by atoms with Gasteiger partial charge in [0.1, 0.15) is 16.8 Å². The Hall–Kier alpha value is -1.20. The number of aryl methyl sites for hydroxylation is 2. The summed E-state index contributed by atoms with van der Waals surface area (Å²) in [6.07, 6.45) is 0.832. The second-order valence-corrected chi connectivity index (χ2v) is 5.48. The summed E-state index contributed by atoms with van der Waals surface area (Å²) >= 11 is 1.71. The van der Waals surface area contributed by atoms with Crippen LogP contribution < -0.4 is 5.32 Å². The molecule has 18 heavy (non-hydrogen) atoms. The van der Waals surface area contributed by atoms with Crippen LogP contribution in [0.15, 0.2) is 0 Å². The number of hydrogen-bond acceptors (Lipinski definition) is 5. The van der Waals surface area contributed by atoms with Gasteiger partial charge < -0.3 is 10.1 Å². The van der Waals surface area contributed by atoms with Gasteiger partial charge in [-0.25, -0.2) is 9.97 Å². The number of methoxy groups -OCH3 is 1. The highest BCUT2D eigenvalue weighted by molar-refractivity contribution is 7.18. The molecule has 0 amide bonds. The second kappa shape index (κ2) is 5.20. The molecule has 0 fully saturated rings. The summed E-state index contributed by atoms with van der Waals surface area (Å²) in [7, 11) is 3.59. The third-order valence-electron chi connectivity index (χ3n) is 3.23. The maximum absolute atomic E-state index is 5.42. The van der Waals surface area contributed by atoms with E-state index in [1.807, 2.05) is 7.05 Å². The highest BCUT2D eigenvalue weighted by atomic mass is 32.1. The number of aromatic nitrogens is 2. The second-order valence-electron chi connectivity index (χ2n) is 4.28. The van der Waals surface area contributed by atoms with E-state index in [0.29, 0.717) is 0 Å². The Bertz CT molecular complexity index is 561. The average Bonchev–Trinajstić information content (AvgIpc) is 2.66. The standard InChI is InChI=1S/C13H19N3OS/c1-6-9(17-5)11-15-12(14-4)10-7(2)8(3)18-13(10)16-11/h9H,6H2,1-5H3,(H,14,15,16). The van der Waals surface area contributed by atoms with Crippen molar-refractivity contribution in [2.45, 2.75) is 33.3 Å². The monoisotopic (exact) mass is 265 g/mol. The summed E-state index contributed by atoms with van der Waals surface area (Å²) in [4.78, 5) is 11.6. The minimum absolute atomic E-state index is 0.0378. The molecule has 0 saturated heterocycles. The van der Waals surface area contributed by atoms with Gasteiger partial charge in [0.2, 0.25) is 0 Å². The number of ether oxygens (including phenoxy) is 1. The number of anilines is 1. The smallest absolute Gasteiger partial charge is 0.161 e. The molecule has 0 aliphatic heterocycles. The number of hydrogen-bond donors (Lipinski definition) is 1. The van der Waals surface area contributed by atoms with Crippen molar-refractivity contribution in [3.05, 3.63) is 16.3 Å². The van der Waals surface area contributed by atoms with Crippen LogP contribution in [0.3, 0.4) is 0 Å². The Kier molecular flexibility index (Phi) is 3.82. The van der Waals surface area contributed by atoms with Gasteiger partial charge in [-0.3, -0.25) is 0 Å². The first-order chi connectivity index (χ1) is 8.62. The fourth-order valence-electron chi connectivity index (χ4n) is 2.05. The van der Waals surface area contributed by atoms with Crippen molar-refractivity contribution in [1.29, 1.82) is 0 Å². The van der Waals surface area contributed by atoms with Crippen LogP contribution in [0.1, 0.15) is 35.7 Å². The highest BCUT2D eigenvalue weighted by Gasteiger charge is 2.18. The molecule has 4 nitrogen and oxygen atoms in total. The van der Waals surface area contributed by atoms with Crippen LogP contribution in [-0.4, -0.2) is 24.1 Å². The van der Waals surface area contributed by atoms with Crippen LogP contribution in [0.4, 0.5) is 5.82 Å². The zero-order valence-corrected chi connectivity index (χ0v) is 12.3. The molecule has 0 aliphatic carbocycles. The summed E-state index contributed by atoms with van der Waals surface area (Å²) in [5.41, 5.74) is 1.26. The minimum Gasteiger partial charge on any atom is -0.373 e. The minimum atomic E-state index is -0.0378. The average molecular weight is 265 g/mol. The van der Waals surface area contributed by atoms with Crippen LogP contribution in [0.2, 0.25) is 0 Å². The molecule has 2 rings (SSSR count). The third-order valence-corrected chi connectivity index (χ3v) is 4.33. The normalized spacial score (nSPS) is 12.9. The molecule has 1 N–H and O–H groups in total. The molecule has 0 saturated carbocycles. The first-order valence-corrected chi connectivity index (χ1v) is 6.92. The van der Waals surface area contributed by atoms with Gasteiger partial charge in [-0.2, -0.15) is 0 Å². The van der Waals surface area contributed by atoms with Crippen molar-refractivity contribution in [3.8, 4) is 0 Å². The van der Waals surface area contributed by atoms with Gasteiger partial charge in [0.05, 0.1) is 5.39 Å². The summed E-state index contributed by atoms with van der Waals surface area (Å²) in [5, 5.41) is 4.30. The number of thiophene rings is 1. The van der Waals surface area contributed by atoms with Gasteiger partial charge in [0.15, 0.2) is 5.82 Å². The summed E-state index contributed by atoms with van der Waals surface area (Å²) < 4.78 is 5.42. The lowest BCUT2D eigenvalue weighted by atomic mass is 10.2. The topological polar surface area (TPSA) is 47.0 Å². The Morgan fingerprint density at radius 1 is 1.33 bits per heavy atom. The van der Waals surface area contributed by atoms with E-state index in [0.717, 1.165) is 28.3 Å². The summed E-state index contributed by atoms with van der Waals surface area (Å²) in [6.45, 7) is 6.31. The Balaban J connectivity index is 2.66. The van der Waals surface area contributed by atoms with Crippen molar-refractivity contribution in [2.75, 3.05) is 19.5 Å². The van der Waals surface area contributed by atoms with E-state index >= 15 is 0 Å². The predicted octanol–water partition coefficient (Wildman–Crippen LogP) is 3.45. The third kappa shape index (κ3) is 2.08. The molecule has 5 heteroatoms.